The Labute approximate surface area is 120 Å². The number of benzene rings is 1. The fraction of sp³-hybridized carbons (Fsp3) is 0.538. The molecule has 0 radical (unpaired) electrons. The highest BCUT2D eigenvalue weighted by Gasteiger charge is 2.37. The SMILES string of the molecule is CNC(c1ccc(F)c(C(F)(F)F)c1)C1CCS(=O)(=O)C1. The molecule has 1 heterocycles. The van der Waals surface area contributed by atoms with E-state index in [2.05, 4.69) is 5.32 Å². The van der Waals surface area contributed by atoms with Crippen molar-refractivity contribution in [3.63, 3.8) is 0 Å². The van der Waals surface area contributed by atoms with E-state index in [0.29, 0.717) is 6.42 Å². The van der Waals surface area contributed by atoms with Gasteiger partial charge in [0.1, 0.15) is 5.82 Å². The van der Waals surface area contributed by atoms with Gasteiger partial charge in [-0.3, -0.25) is 0 Å². The smallest absolute Gasteiger partial charge is 0.313 e. The van der Waals surface area contributed by atoms with Gasteiger partial charge in [0.05, 0.1) is 17.1 Å². The Hall–Kier alpha value is -1.15. The number of alkyl halides is 3. The summed E-state index contributed by atoms with van der Waals surface area (Å²) in [6.45, 7) is 0. The van der Waals surface area contributed by atoms with Crippen LogP contribution in [0.15, 0.2) is 18.2 Å². The molecule has 0 aliphatic carbocycles. The fourth-order valence-corrected chi connectivity index (χ4v) is 4.55. The first-order valence-corrected chi connectivity index (χ1v) is 8.20. The Morgan fingerprint density at radius 1 is 1.33 bits per heavy atom. The summed E-state index contributed by atoms with van der Waals surface area (Å²) in [5, 5.41) is 2.84. The van der Waals surface area contributed by atoms with Crippen molar-refractivity contribution in [3.8, 4) is 0 Å². The van der Waals surface area contributed by atoms with Crippen LogP contribution in [0.4, 0.5) is 17.6 Å². The highest BCUT2D eigenvalue weighted by molar-refractivity contribution is 7.91. The van der Waals surface area contributed by atoms with Gasteiger partial charge in [0.15, 0.2) is 9.84 Å². The van der Waals surface area contributed by atoms with Crippen molar-refractivity contribution in [3.05, 3.63) is 35.1 Å². The standard InChI is InChI=1S/C13H15F4NO2S/c1-18-12(9-4-5-21(19,20)7-9)8-2-3-11(14)10(6-8)13(15,16)17/h2-3,6,9,12,18H,4-5,7H2,1H3. The van der Waals surface area contributed by atoms with Crippen molar-refractivity contribution in [1.29, 1.82) is 0 Å². The van der Waals surface area contributed by atoms with Crippen LogP contribution in [0.3, 0.4) is 0 Å². The molecule has 2 unspecified atom stereocenters. The molecule has 0 bridgehead atoms. The van der Waals surface area contributed by atoms with Crippen molar-refractivity contribution in [2.75, 3.05) is 18.6 Å². The molecule has 3 nitrogen and oxygen atoms in total. The van der Waals surface area contributed by atoms with Crippen LogP contribution >= 0.6 is 0 Å². The zero-order valence-corrected chi connectivity index (χ0v) is 12.1. The molecule has 0 amide bonds. The summed E-state index contributed by atoms with van der Waals surface area (Å²) in [6.07, 6.45) is -4.40. The Bertz CT molecular complexity index is 628. The van der Waals surface area contributed by atoms with Gasteiger partial charge in [0.2, 0.25) is 0 Å². The largest absolute Gasteiger partial charge is 0.419 e. The molecule has 0 aromatic heterocycles. The van der Waals surface area contributed by atoms with E-state index < -0.39 is 33.4 Å². The van der Waals surface area contributed by atoms with Crippen LogP contribution in [0.2, 0.25) is 0 Å². The number of halogens is 4. The molecule has 0 spiro atoms. The van der Waals surface area contributed by atoms with E-state index in [-0.39, 0.29) is 23.0 Å². The lowest BCUT2D eigenvalue weighted by atomic mass is 9.91. The van der Waals surface area contributed by atoms with Crippen molar-refractivity contribution < 1.29 is 26.0 Å². The molecular formula is C13H15F4NO2S. The zero-order valence-electron chi connectivity index (χ0n) is 11.2. The molecule has 1 N–H and O–H groups in total. The fourth-order valence-electron chi connectivity index (χ4n) is 2.71. The predicted molar refractivity (Wildman–Crippen MR) is 70.0 cm³/mol. The van der Waals surface area contributed by atoms with Gasteiger partial charge < -0.3 is 5.32 Å². The second-order valence-corrected chi connectivity index (χ2v) is 7.40. The van der Waals surface area contributed by atoms with Gasteiger partial charge in [0.25, 0.3) is 0 Å². The Balaban J connectivity index is 2.36. The Morgan fingerprint density at radius 3 is 2.48 bits per heavy atom. The minimum atomic E-state index is -4.78. The average Bonchev–Trinajstić information content (AvgIpc) is 2.71. The molecule has 118 valence electrons. The molecule has 1 aromatic rings. The van der Waals surface area contributed by atoms with E-state index in [4.69, 9.17) is 0 Å². The number of hydrogen-bond acceptors (Lipinski definition) is 3. The van der Waals surface area contributed by atoms with E-state index in [1.807, 2.05) is 0 Å². The van der Waals surface area contributed by atoms with Crippen molar-refractivity contribution in [2.24, 2.45) is 5.92 Å². The molecule has 2 atom stereocenters. The van der Waals surface area contributed by atoms with E-state index in [0.717, 1.165) is 12.1 Å². The molecule has 2 rings (SSSR count). The second kappa shape index (κ2) is 5.57. The summed E-state index contributed by atoms with van der Waals surface area (Å²) in [7, 11) is -1.59. The summed E-state index contributed by atoms with van der Waals surface area (Å²) < 4.78 is 74.5. The summed E-state index contributed by atoms with van der Waals surface area (Å²) >= 11 is 0. The molecule has 1 fully saturated rings. The Kier molecular flexibility index (Phi) is 4.30. The topological polar surface area (TPSA) is 46.2 Å². The van der Waals surface area contributed by atoms with Crippen molar-refractivity contribution >= 4 is 9.84 Å². The number of hydrogen-bond donors (Lipinski definition) is 1. The van der Waals surface area contributed by atoms with Gasteiger partial charge in [-0.05, 0) is 37.1 Å². The third kappa shape index (κ3) is 3.55. The first-order valence-electron chi connectivity index (χ1n) is 6.38. The third-order valence-electron chi connectivity index (χ3n) is 3.70. The van der Waals surface area contributed by atoms with Gasteiger partial charge in [0, 0.05) is 6.04 Å². The van der Waals surface area contributed by atoms with Gasteiger partial charge in [-0.1, -0.05) is 6.07 Å². The van der Waals surface area contributed by atoms with Gasteiger partial charge in [-0.25, -0.2) is 12.8 Å². The van der Waals surface area contributed by atoms with Gasteiger partial charge in [-0.15, -0.1) is 0 Å². The van der Waals surface area contributed by atoms with Crippen LogP contribution in [0, 0.1) is 11.7 Å². The first kappa shape index (κ1) is 16.2. The molecule has 1 aliphatic rings. The number of sulfone groups is 1. The van der Waals surface area contributed by atoms with Gasteiger partial charge in [-0.2, -0.15) is 13.2 Å². The minimum Gasteiger partial charge on any atom is -0.313 e. The molecule has 21 heavy (non-hydrogen) atoms. The predicted octanol–water partition coefficient (Wildman–Crippen LogP) is 2.54. The van der Waals surface area contributed by atoms with E-state index >= 15 is 0 Å². The van der Waals surface area contributed by atoms with Crippen molar-refractivity contribution in [2.45, 2.75) is 18.6 Å². The van der Waals surface area contributed by atoms with Crippen molar-refractivity contribution in [1.82, 2.24) is 5.32 Å². The number of nitrogens with one attached hydrogen (secondary N) is 1. The highest BCUT2D eigenvalue weighted by atomic mass is 32.2. The molecule has 1 aliphatic heterocycles. The summed E-state index contributed by atoms with van der Waals surface area (Å²) in [6, 6.07) is 2.23. The summed E-state index contributed by atoms with van der Waals surface area (Å²) in [5.74, 6) is -1.69. The van der Waals surface area contributed by atoms with Crippen LogP contribution in [0.25, 0.3) is 0 Å². The molecule has 0 saturated carbocycles. The third-order valence-corrected chi connectivity index (χ3v) is 5.50. The maximum atomic E-state index is 13.3. The maximum Gasteiger partial charge on any atom is 0.419 e. The van der Waals surface area contributed by atoms with Crippen LogP contribution in [-0.2, 0) is 16.0 Å². The lowest BCUT2D eigenvalue weighted by Gasteiger charge is -2.23. The van der Waals surface area contributed by atoms with Crippen LogP contribution in [0.5, 0.6) is 0 Å². The normalized spacial score (nSPS) is 23.2. The second-order valence-electron chi connectivity index (χ2n) is 5.17. The van der Waals surface area contributed by atoms with E-state index in [9.17, 15) is 26.0 Å². The maximum absolute atomic E-state index is 13.3. The zero-order chi connectivity index (χ0) is 15.8. The lowest BCUT2D eigenvalue weighted by Crippen LogP contribution is -2.26. The lowest BCUT2D eigenvalue weighted by molar-refractivity contribution is -0.140. The monoisotopic (exact) mass is 325 g/mol. The summed E-state index contributed by atoms with van der Waals surface area (Å²) in [5.41, 5.74) is -1.09. The minimum absolute atomic E-state index is 0.0309. The van der Waals surface area contributed by atoms with Crippen LogP contribution in [0.1, 0.15) is 23.6 Å². The molecule has 8 heteroatoms. The van der Waals surface area contributed by atoms with Crippen LogP contribution in [-0.4, -0.2) is 27.0 Å². The summed E-state index contributed by atoms with van der Waals surface area (Å²) in [4.78, 5) is 0. The van der Waals surface area contributed by atoms with Gasteiger partial charge >= 0.3 is 6.18 Å². The molecular weight excluding hydrogens is 310 g/mol. The molecule has 1 saturated heterocycles. The quantitative estimate of drug-likeness (QED) is 0.869. The van der Waals surface area contributed by atoms with E-state index in [1.165, 1.54) is 6.07 Å². The van der Waals surface area contributed by atoms with Crippen LogP contribution < -0.4 is 5.32 Å². The average molecular weight is 325 g/mol. The first-order chi connectivity index (χ1) is 9.64. The molecule has 1 aromatic carbocycles. The number of rotatable bonds is 3. The van der Waals surface area contributed by atoms with E-state index in [1.54, 1.807) is 7.05 Å². The highest BCUT2D eigenvalue weighted by Crippen LogP contribution is 2.36. The Morgan fingerprint density at radius 2 is 2.00 bits per heavy atom.